The molecule has 0 radical (unpaired) electrons. The molecule has 0 fully saturated rings. The average Bonchev–Trinajstić information content (AvgIpc) is 2.70. The zero-order valence-electron chi connectivity index (χ0n) is 17.5. The Morgan fingerprint density at radius 1 is 1.28 bits per heavy atom. The van der Waals surface area contributed by atoms with Crippen LogP contribution in [0.4, 0.5) is 0 Å². The highest BCUT2D eigenvalue weighted by molar-refractivity contribution is 7.83. The zero-order valence-corrected chi connectivity index (χ0v) is 18.3. The summed E-state index contributed by atoms with van der Waals surface area (Å²) in [4.78, 5) is 12.4. The molecular weight excluding hydrogens is 442 g/mol. The molecule has 32 heavy (non-hydrogen) atoms. The van der Waals surface area contributed by atoms with Crippen LogP contribution in [0.25, 0.3) is 0 Å². The summed E-state index contributed by atoms with van der Waals surface area (Å²) in [5.74, 6) is -0.829. The molecule has 0 saturated carbocycles. The molecule has 1 aromatic carbocycles. The van der Waals surface area contributed by atoms with Crippen LogP contribution in [0.3, 0.4) is 0 Å². The summed E-state index contributed by atoms with van der Waals surface area (Å²) in [6.07, 6.45) is 1.80. The van der Waals surface area contributed by atoms with Crippen LogP contribution in [-0.2, 0) is 21.5 Å². The number of aliphatic hydroxyl groups is 1. The maximum atomic E-state index is 12.4. The number of carbonyl (C=O) groups is 1. The molecule has 0 aliphatic heterocycles. The van der Waals surface area contributed by atoms with E-state index < -0.39 is 28.6 Å². The van der Waals surface area contributed by atoms with Crippen LogP contribution in [0.5, 0.6) is 0 Å². The molecule has 3 atom stereocenters. The van der Waals surface area contributed by atoms with Gasteiger partial charge in [-0.2, -0.15) is 4.73 Å². The second kappa shape index (κ2) is 12.1. The monoisotopic (exact) mass is 468 g/mol. The van der Waals surface area contributed by atoms with Crippen LogP contribution in [0, 0.1) is 16.5 Å². The number of ether oxygens (including phenoxy) is 1. The second-order valence-electron chi connectivity index (χ2n) is 6.81. The molecule has 0 saturated heterocycles. The van der Waals surface area contributed by atoms with Crippen molar-refractivity contribution in [2.75, 3.05) is 7.11 Å². The standard InChI is InChI=1S/C19H24N4O4.H3NO3S/c1-12(22-18(24)14-6-8-23(26)9-7-14)16(19(25)27-2)11-13-4-3-5-15(10-13)17(20)21;1-5(2,3)4/h3-10,12,16,19,25H,11H2,1-2H3,(H3,20,21)(H,22,24);(H3,1,2,3,4)/p-1/t12-,16-,19?;/m1./s1. The Labute approximate surface area is 185 Å². The van der Waals surface area contributed by atoms with Gasteiger partial charge in [-0.15, -0.1) is 0 Å². The molecule has 0 bridgehead atoms. The number of hydrogen-bond donors (Lipinski definition) is 5. The maximum absolute atomic E-state index is 12.4. The molecule has 0 spiro atoms. The van der Waals surface area contributed by atoms with Gasteiger partial charge in [0.25, 0.3) is 5.91 Å². The van der Waals surface area contributed by atoms with E-state index in [4.69, 9.17) is 28.9 Å². The minimum Gasteiger partial charge on any atom is -0.736 e. The number of nitrogens with zero attached hydrogens (tertiary/aromatic N) is 1. The van der Waals surface area contributed by atoms with Gasteiger partial charge in [-0.25, -0.2) is 13.6 Å². The van der Waals surface area contributed by atoms with Crippen LogP contribution in [-0.4, -0.2) is 49.3 Å². The van der Waals surface area contributed by atoms with Crippen molar-refractivity contribution in [2.45, 2.75) is 25.7 Å². The molecule has 1 aromatic heterocycles. The maximum Gasteiger partial charge on any atom is 0.251 e. The van der Waals surface area contributed by atoms with Gasteiger partial charge >= 0.3 is 0 Å². The average molecular weight is 469 g/mol. The Balaban J connectivity index is 0.000000920. The zero-order chi connectivity index (χ0) is 24.5. The van der Waals surface area contributed by atoms with Gasteiger partial charge in [-0.1, -0.05) is 18.2 Å². The lowest BCUT2D eigenvalue weighted by molar-refractivity contribution is -0.605. The molecule has 0 aliphatic rings. The van der Waals surface area contributed by atoms with E-state index in [1.165, 1.54) is 31.6 Å². The number of rotatable bonds is 8. The van der Waals surface area contributed by atoms with E-state index in [1.807, 2.05) is 6.07 Å². The number of nitrogen functional groups attached to an aromatic ring is 1. The molecular formula is C19H26N5O7S-. The fourth-order valence-corrected chi connectivity index (χ4v) is 2.80. The van der Waals surface area contributed by atoms with E-state index in [0.717, 1.165) is 5.56 Å². The van der Waals surface area contributed by atoms with Gasteiger partial charge in [0.2, 0.25) is 0 Å². The number of amidine groups is 1. The largest absolute Gasteiger partial charge is 0.736 e. The summed E-state index contributed by atoms with van der Waals surface area (Å²) in [6.45, 7) is 1.77. The Morgan fingerprint density at radius 3 is 2.34 bits per heavy atom. The van der Waals surface area contributed by atoms with Crippen molar-refractivity contribution in [1.29, 1.82) is 5.41 Å². The van der Waals surface area contributed by atoms with Crippen LogP contribution < -0.4 is 20.9 Å². The van der Waals surface area contributed by atoms with Crippen molar-refractivity contribution >= 4 is 22.0 Å². The molecule has 0 aliphatic carbocycles. The lowest BCUT2D eigenvalue weighted by Crippen LogP contribution is -2.44. The first-order valence-corrected chi connectivity index (χ1v) is 10.7. The van der Waals surface area contributed by atoms with E-state index in [9.17, 15) is 15.1 Å². The fourth-order valence-electron chi connectivity index (χ4n) is 2.80. The predicted octanol–water partition coefficient (Wildman–Crippen LogP) is -1.05. The second-order valence-corrected chi connectivity index (χ2v) is 7.80. The molecule has 13 heteroatoms. The summed E-state index contributed by atoms with van der Waals surface area (Å²) in [5, 5.41) is 35.5. The van der Waals surface area contributed by atoms with E-state index in [1.54, 1.807) is 25.1 Å². The van der Waals surface area contributed by atoms with Crippen molar-refractivity contribution in [3.8, 4) is 0 Å². The van der Waals surface area contributed by atoms with Crippen LogP contribution >= 0.6 is 0 Å². The molecule has 12 nitrogen and oxygen atoms in total. The summed E-state index contributed by atoms with van der Waals surface area (Å²) in [7, 11) is -3.03. The van der Waals surface area contributed by atoms with Crippen LogP contribution in [0.2, 0.25) is 0 Å². The third-order valence-corrected chi connectivity index (χ3v) is 4.38. The molecule has 2 aromatic rings. The number of aliphatic hydroxyl groups excluding tert-OH is 1. The first-order chi connectivity index (χ1) is 14.8. The number of aromatic nitrogens is 1. The van der Waals surface area contributed by atoms with Gasteiger partial charge in [0.1, 0.15) is 5.84 Å². The minimum absolute atomic E-state index is 0.0401. The van der Waals surface area contributed by atoms with E-state index in [0.29, 0.717) is 22.3 Å². The van der Waals surface area contributed by atoms with Crippen LogP contribution in [0.1, 0.15) is 28.4 Å². The number of carbonyl (C=O) groups excluding carboxylic acids is 1. The number of methoxy groups -OCH3 is 1. The van der Waals surface area contributed by atoms with Crippen LogP contribution in [0.15, 0.2) is 48.8 Å². The van der Waals surface area contributed by atoms with Gasteiger partial charge in [0.15, 0.2) is 29.0 Å². The highest BCUT2D eigenvalue weighted by atomic mass is 32.2. The number of hydrogen-bond acceptors (Lipinski definition) is 8. The van der Waals surface area contributed by atoms with Crippen molar-refractivity contribution in [3.05, 3.63) is 70.7 Å². The minimum atomic E-state index is -4.42. The Kier molecular flexibility index (Phi) is 10.2. The molecule has 2 rings (SSSR count). The van der Waals surface area contributed by atoms with Crippen molar-refractivity contribution in [3.63, 3.8) is 0 Å². The van der Waals surface area contributed by atoms with E-state index in [-0.39, 0.29) is 11.7 Å². The highest BCUT2D eigenvalue weighted by Gasteiger charge is 2.27. The third kappa shape index (κ3) is 9.80. The number of amides is 1. The van der Waals surface area contributed by atoms with Gasteiger partial charge < -0.3 is 30.7 Å². The molecule has 1 unspecified atom stereocenters. The Hall–Kier alpha value is -3.10. The molecule has 1 heterocycles. The SMILES string of the molecule is COC(O)[C@H](Cc1cccc(C(=N)N)c1)[C@@H](C)NC(=O)c1cc[n+]([O-])cc1.NS(=O)(=O)[O-]. The van der Waals surface area contributed by atoms with Gasteiger partial charge in [0.05, 0.1) is 5.56 Å². The number of nitrogens with two attached hydrogens (primary N) is 2. The molecule has 176 valence electrons. The number of nitrogens with one attached hydrogen (secondary N) is 2. The topological polar surface area (TPSA) is 219 Å². The van der Waals surface area contributed by atoms with Crippen molar-refractivity contribution in [1.82, 2.24) is 5.32 Å². The summed E-state index contributed by atoms with van der Waals surface area (Å²) in [5.41, 5.74) is 7.32. The fraction of sp³-hybridized carbons (Fsp3) is 0.316. The third-order valence-electron chi connectivity index (χ3n) is 4.38. The predicted molar refractivity (Wildman–Crippen MR) is 114 cm³/mol. The van der Waals surface area contributed by atoms with E-state index >= 15 is 0 Å². The lowest BCUT2D eigenvalue weighted by Gasteiger charge is -2.28. The molecule has 1 amide bonds. The number of benzene rings is 1. The van der Waals surface area contributed by atoms with E-state index in [2.05, 4.69) is 10.5 Å². The van der Waals surface area contributed by atoms with Crippen molar-refractivity contribution in [2.24, 2.45) is 16.8 Å². The highest BCUT2D eigenvalue weighted by Crippen LogP contribution is 2.19. The van der Waals surface area contributed by atoms with Gasteiger partial charge in [-0.3, -0.25) is 10.2 Å². The first-order valence-electron chi connectivity index (χ1n) is 9.19. The summed E-state index contributed by atoms with van der Waals surface area (Å²) >= 11 is 0. The van der Waals surface area contributed by atoms with Gasteiger partial charge in [-0.05, 0) is 25.0 Å². The molecule has 7 N–H and O–H groups in total. The number of pyridine rings is 1. The lowest BCUT2D eigenvalue weighted by atomic mass is 9.91. The Morgan fingerprint density at radius 2 is 1.84 bits per heavy atom. The smallest absolute Gasteiger partial charge is 0.251 e. The Bertz CT molecular complexity index is 1010. The normalized spacial score (nSPS) is 13.8. The summed E-state index contributed by atoms with van der Waals surface area (Å²) in [6, 6.07) is 9.58. The summed E-state index contributed by atoms with van der Waals surface area (Å²) < 4.78 is 32.2. The van der Waals surface area contributed by atoms with Gasteiger partial charge in [0, 0.05) is 36.8 Å². The quantitative estimate of drug-likeness (QED) is 0.0801. The van der Waals surface area contributed by atoms with Crippen molar-refractivity contribution < 1.29 is 32.3 Å². The first kappa shape index (κ1) is 26.9.